The molecular weight excluding hydrogens is 248 g/mol. The summed E-state index contributed by atoms with van der Waals surface area (Å²) in [6.07, 6.45) is 1.46. The molecule has 1 aliphatic rings. The predicted molar refractivity (Wildman–Crippen MR) is 68.7 cm³/mol. The van der Waals surface area contributed by atoms with E-state index in [9.17, 15) is 24.6 Å². The summed E-state index contributed by atoms with van der Waals surface area (Å²) in [6.45, 7) is 6.72. The van der Waals surface area contributed by atoms with Gasteiger partial charge in [0, 0.05) is 5.92 Å². The van der Waals surface area contributed by atoms with Crippen molar-refractivity contribution in [1.82, 2.24) is 0 Å². The maximum atomic E-state index is 11.9. The topological polar surface area (TPSA) is 91.7 Å². The van der Waals surface area contributed by atoms with Crippen LogP contribution in [0.25, 0.3) is 0 Å². The van der Waals surface area contributed by atoms with Crippen molar-refractivity contribution in [2.24, 2.45) is 22.2 Å². The Hall–Kier alpha value is -1.39. The van der Waals surface area contributed by atoms with E-state index in [1.165, 1.54) is 6.92 Å². The minimum atomic E-state index is -1.44. The van der Waals surface area contributed by atoms with E-state index >= 15 is 0 Å². The Morgan fingerprint density at radius 2 is 1.74 bits per heavy atom. The van der Waals surface area contributed by atoms with Crippen molar-refractivity contribution in [3.05, 3.63) is 0 Å². The van der Waals surface area contributed by atoms with E-state index < -0.39 is 28.2 Å². The molecule has 0 aromatic carbocycles. The molecule has 108 valence electrons. The van der Waals surface area contributed by atoms with Gasteiger partial charge in [0.2, 0.25) is 0 Å². The molecule has 1 fully saturated rings. The van der Waals surface area contributed by atoms with Crippen LogP contribution in [0.1, 0.15) is 47.0 Å². The highest BCUT2D eigenvalue weighted by molar-refractivity contribution is 5.88. The van der Waals surface area contributed by atoms with Crippen LogP contribution >= 0.6 is 0 Å². The highest BCUT2D eigenvalue weighted by Gasteiger charge is 2.66. The molecule has 0 aromatic rings. The molecule has 5 nitrogen and oxygen atoms in total. The molecular formula is C14H22O5. The summed E-state index contributed by atoms with van der Waals surface area (Å²) >= 11 is 0. The summed E-state index contributed by atoms with van der Waals surface area (Å²) < 4.78 is 0. The van der Waals surface area contributed by atoms with Crippen LogP contribution < -0.4 is 0 Å². The number of aldehydes is 1. The fourth-order valence-electron chi connectivity index (χ4n) is 3.73. The molecule has 0 aromatic heterocycles. The lowest BCUT2D eigenvalue weighted by Crippen LogP contribution is -2.60. The molecule has 0 bridgehead atoms. The number of hydrogen-bond donors (Lipinski definition) is 2. The van der Waals surface area contributed by atoms with Crippen molar-refractivity contribution in [2.45, 2.75) is 47.0 Å². The predicted octanol–water partition coefficient (Wildman–Crippen LogP) is 2.19. The summed E-state index contributed by atoms with van der Waals surface area (Å²) in [7, 11) is 0. The second-order valence-electron chi connectivity index (χ2n) is 6.74. The van der Waals surface area contributed by atoms with Gasteiger partial charge in [0.05, 0.1) is 10.8 Å². The maximum Gasteiger partial charge on any atom is 0.311 e. The lowest BCUT2D eigenvalue weighted by molar-refractivity contribution is -0.194. The van der Waals surface area contributed by atoms with E-state index in [4.69, 9.17) is 0 Å². The zero-order valence-corrected chi connectivity index (χ0v) is 11.9. The van der Waals surface area contributed by atoms with E-state index in [-0.39, 0.29) is 18.8 Å². The van der Waals surface area contributed by atoms with Crippen LogP contribution in [0.3, 0.4) is 0 Å². The summed E-state index contributed by atoms with van der Waals surface area (Å²) in [4.78, 5) is 34.6. The average Bonchev–Trinajstić information content (AvgIpc) is 2.26. The number of carbonyl (C=O) groups is 3. The second-order valence-corrected chi connectivity index (χ2v) is 6.74. The number of hydrogen-bond acceptors (Lipinski definition) is 3. The highest BCUT2D eigenvalue weighted by atomic mass is 16.4. The van der Waals surface area contributed by atoms with Crippen LogP contribution in [0.5, 0.6) is 0 Å². The smallest absolute Gasteiger partial charge is 0.311 e. The molecule has 0 aliphatic heterocycles. The van der Waals surface area contributed by atoms with Gasteiger partial charge in [-0.25, -0.2) is 0 Å². The van der Waals surface area contributed by atoms with Crippen LogP contribution in [-0.4, -0.2) is 28.4 Å². The molecule has 5 heteroatoms. The molecule has 1 unspecified atom stereocenters. The third kappa shape index (κ3) is 2.05. The summed E-state index contributed by atoms with van der Waals surface area (Å²) in [5, 5.41) is 19.3. The third-order valence-corrected chi connectivity index (χ3v) is 4.81. The molecule has 0 spiro atoms. The molecule has 19 heavy (non-hydrogen) atoms. The van der Waals surface area contributed by atoms with Gasteiger partial charge < -0.3 is 15.0 Å². The Balaban J connectivity index is 3.48. The van der Waals surface area contributed by atoms with Gasteiger partial charge in [-0.15, -0.1) is 0 Å². The summed E-state index contributed by atoms with van der Waals surface area (Å²) in [5.41, 5.74) is -3.52. The van der Waals surface area contributed by atoms with Gasteiger partial charge in [0.25, 0.3) is 0 Å². The molecule has 1 saturated carbocycles. The monoisotopic (exact) mass is 270 g/mol. The Labute approximate surface area is 113 Å². The number of carboxylic acids is 2. The Kier molecular flexibility index (Phi) is 3.81. The van der Waals surface area contributed by atoms with E-state index in [1.54, 1.807) is 20.8 Å². The fourth-order valence-corrected chi connectivity index (χ4v) is 3.73. The first-order valence-corrected chi connectivity index (χ1v) is 6.45. The van der Waals surface area contributed by atoms with Gasteiger partial charge in [0.1, 0.15) is 6.29 Å². The van der Waals surface area contributed by atoms with Crippen LogP contribution in [0.15, 0.2) is 0 Å². The van der Waals surface area contributed by atoms with E-state index in [0.717, 1.165) is 6.29 Å². The zero-order valence-electron chi connectivity index (χ0n) is 11.9. The van der Waals surface area contributed by atoms with Gasteiger partial charge in [-0.3, -0.25) is 9.59 Å². The molecule has 0 saturated heterocycles. The van der Waals surface area contributed by atoms with Crippen molar-refractivity contribution in [3.63, 3.8) is 0 Å². The van der Waals surface area contributed by atoms with Crippen molar-refractivity contribution in [2.75, 3.05) is 0 Å². The fraction of sp³-hybridized carbons (Fsp3) is 0.786. The van der Waals surface area contributed by atoms with Crippen LogP contribution in [-0.2, 0) is 14.4 Å². The maximum absolute atomic E-state index is 11.9. The van der Waals surface area contributed by atoms with E-state index in [1.807, 2.05) is 0 Å². The number of aliphatic carboxylic acids is 2. The van der Waals surface area contributed by atoms with Crippen LogP contribution in [0, 0.1) is 22.2 Å². The molecule has 0 radical (unpaired) electrons. The molecule has 2 N–H and O–H groups in total. The van der Waals surface area contributed by atoms with Crippen molar-refractivity contribution in [1.29, 1.82) is 0 Å². The van der Waals surface area contributed by atoms with Crippen LogP contribution in [0.2, 0.25) is 0 Å². The van der Waals surface area contributed by atoms with Crippen LogP contribution in [0.4, 0.5) is 0 Å². The zero-order chi connectivity index (χ0) is 15.1. The highest BCUT2D eigenvalue weighted by Crippen LogP contribution is 2.60. The summed E-state index contributed by atoms with van der Waals surface area (Å²) in [5.74, 6) is -2.61. The van der Waals surface area contributed by atoms with E-state index in [2.05, 4.69) is 0 Å². The van der Waals surface area contributed by atoms with Gasteiger partial charge in [-0.1, -0.05) is 20.8 Å². The van der Waals surface area contributed by atoms with Gasteiger partial charge in [-0.05, 0) is 31.6 Å². The van der Waals surface area contributed by atoms with Gasteiger partial charge >= 0.3 is 11.9 Å². The van der Waals surface area contributed by atoms with Crippen molar-refractivity contribution >= 4 is 18.2 Å². The SMILES string of the molecule is CC(C)(C)[C@]1(C(=O)O)CCC(C=O)C[C@]1(C)C(=O)O. The first-order chi connectivity index (χ1) is 8.53. The minimum absolute atomic E-state index is 0.0788. The molecule has 1 aliphatic carbocycles. The normalized spacial score (nSPS) is 35.7. The molecule has 0 heterocycles. The first-order valence-electron chi connectivity index (χ1n) is 6.45. The standard InChI is InChI=1S/C14H22O5/c1-12(2,3)14(11(18)19)6-5-9(8-15)7-13(14,4)10(16)17/h8-9H,5-7H2,1-4H3,(H,16,17)(H,18,19)/t9?,13-,14-/m1/s1. The Morgan fingerprint density at radius 1 is 1.21 bits per heavy atom. The molecule has 3 atom stereocenters. The average molecular weight is 270 g/mol. The first kappa shape index (κ1) is 15.7. The lowest BCUT2D eigenvalue weighted by Gasteiger charge is -2.54. The number of rotatable bonds is 3. The van der Waals surface area contributed by atoms with Crippen molar-refractivity contribution in [3.8, 4) is 0 Å². The van der Waals surface area contributed by atoms with Gasteiger partial charge in [-0.2, -0.15) is 0 Å². The largest absolute Gasteiger partial charge is 0.481 e. The third-order valence-electron chi connectivity index (χ3n) is 4.81. The molecule has 1 rings (SSSR count). The Bertz CT molecular complexity index is 409. The second kappa shape index (κ2) is 4.62. The van der Waals surface area contributed by atoms with E-state index in [0.29, 0.717) is 6.42 Å². The van der Waals surface area contributed by atoms with Gasteiger partial charge in [0.15, 0.2) is 0 Å². The minimum Gasteiger partial charge on any atom is -0.481 e. The number of carbonyl (C=O) groups excluding carboxylic acids is 1. The summed E-state index contributed by atoms with van der Waals surface area (Å²) in [6, 6.07) is 0. The molecule has 0 amide bonds. The Morgan fingerprint density at radius 3 is 2.05 bits per heavy atom. The quantitative estimate of drug-likeness (QED) is 0.767. The number of carboxylic acid groups (broad SMARTS) is 2. The van der Waals surface area contributed by atoms with Crippen molar-refractivity contribution < 1.29 is 24.6 Å². The lowest BCUT2D eigenvalue weighted by atomic mass is 9.46.